The maximum atomic E-state index is 12.7. The number of hydrogen-bond acceptors (Lipinski definition) is 2. The maximum Gasteiger partial charge on any atom is 0.255 e. The van der Waals surface area contributed by atoms with E-state index in [2.05, 4.69) is 5.32 Å². The predicted octanol–water partition coefficient (Wildman–Crippen LogP) is 2.14. The molecule has 1 N–H and O–H groups in total. The topological polar surface area (TPSA) is 32.3 Å². The Hall–Kier alpha value is -1.49. The quantitative estimate of drug-likeness (QED) is 0.867. The summed E-state index contributed by atoms with van der Waals surface area (Å²) in [6.45, 7) is 3.16. The highest BCUT2D eigenvalue weighted by molar-refractivity contribution is 5.79. The van der Waals surface area contributed by atoms with Crippen molar-refractivity contribution in [2.24, 2.45) is 11.8 Å². The molecule has 1 saturated heterocycles. The molecule has 2 rings (SSSR count). The molecule has 1 amide bonds. The van der Waals surface area contributed by atoms with Gasteiger partial charge in [0.05, 0.1) is 6.54 Å². The summed E-state index contributed by atoms with van der Waals surface area (Å²) in [6.07, 6.45) is -2.51. The maximum absolute atomic E-state index is 12.7. The minimum atomic E-state index is -2.51. The first-order chi connectivity index (χ1) is 9.58. The number of halogens is 2. The fourth-order valence-electron chi connectivity index (χ4n) is 2.36. The van der Waals surface area contributed by atoms with Gasteiger partial charge in [-0.15, -0.1) is 0 Å². The molecule has 0 aliphatic carbocycles. The van der Waals surface area contributed by atoms with Crippen LogP contribution in [0.25, 0.3) is 0 Å². The minimum Gasteiger partial charge on any atom is -0.332 e. The lowest BCUT2D eigenvalue weighted by atomic mass is 9.88. The van der Waals surface area contributed by atoms with Crippen molar-refractivity contribution in [1.82, 2.24) is 10.2 Å². The molecular weight excluding hydrogens is 262 g/mol. The molecule has 1 atom stereocenters. The van der Waals surface area contributed by atoms with E-state index in [1.54, 1.807) is 0 Å². The van der Waals surface area contributed by atoms with Gasteiger partial charge in [0.1, 0.15) is 0 Å². The van der Waals surface area contributed by atoms with Gasteiger partial charge >= 0.3 is 0 Å². The standard InChI is InChI=1S/C15H20F2N2O/c1-11(13-7-18-8-13)15(20)19(10-14(16)17)9-12-5-3-2-4-6-12/h2-6,11,13-14,18H,7-10H2,1H3. The van der Waals surface area contributed by atoms with Crippen LogP contribution in [0, 0.1) is 11.8 Å². The molecule has 1 fully saturated rings. The molecule has 3 nitrogen and oxygen atoms in total. The smallest absolute Gasteiger partial charge is 0.255 e. The van der Waals surface area contributed by atoms with Gasteiger partial charge in [0.15, 0.2) is 0 Å². The normalized spacial score (nSPS) is 16.8. The Morgan fingerprint density at radius 3 is 2.50 bits per heavy atom. The lowest BCUT2D eigenvalue weighted by Crippen LogP contribution is -2.50. The number of hydrogen-bond donors (Lipinski definition) is 1. The van der Waals surface area contributed by atoms with Crippen LogP contribution in [0.15, 0.2) is 30.3 Å². The van der Waals surface area contributed by atoms with Gasteiger partial charge in [-0.3, -0.25) is 4.79 Å². The third kappa shape index (κ3) is 3.76. The summed E-state index contributed by atoms with van der Waals surface area (Å²) in [6, 6.07) is 9.26. The lowest BCUT2D eigenvalue weighted by Gasteiger charge is -2.35. The highest BCUT2D eigenvalue weighted by Crippen LogP contribution is 2.20. The van der Waals surface area contributed by atoms with Crippen LogP contribution in [0.5, 0.6) is 0 Å². The monoisotopic (exact) mass is 282 g/mol. The van der Waals surface area contributed by atoms with Crippen molar-refractivity contribution in [3.8, 4) is 0 Å². The zero-order valence-electron chi connectivity index (χ0n) is 11.6. The van der Waals surface area contributed by atoms with E-state index in [9.17, 15) is 13.6 Å². The molecule has 0 saturated carbocycles. The van der Waals surface area contributed by atoms with Gasteiger partial charge in [0.2, 0.25) is 5.91 Å². The van der Waals surface area contributed by atoms with E-state index in [-0.39, 0.29) is 24.3 Å². The Bertz CT molecular complexity index is 435. The fourth-order valence-corrected chi connectivity index (χ4v) is 2.36. The van der Waals surface area contributed by atoms with E-state index in [4.69, 9.17) is 0 Å². The molecular formula is C15H20F2N2O. The number of nitrogens with one attached hydrogen (secondary N) is 1. The number of benzene rings is 1. The summed E-state index contributed by atoms with van der Waals surface area (Å²) in [4.78, 5) is 13.7. The number of carbonyl (C=O) groups excluding carboxylic acids is 1. The molecule has 1 aromatic rings. The number of alkyl halides is 2. The van der Waals surface area contributed by atoms with Gasteiger partial charge in [0, 0.05) is 12.5 Å². The summed E-state index contributed by atoms with van der Waals surface area (Å²) < 4.78 is 25.4. The molecule has 1 unspecified atom stereocenters. The first-order valence-corrected chi connectivity index (χ1v) is 6.89. The van der Waals surface area contributed by atoms with E-state index in [1.165, 1.54) is 4.90 Å². The molecule has 0 radical (unpaired) electrons. The van der Waals surface area contributed by atoms with Crippen molar-refractivity contribution in [3.05, 3.63) is 35.9 Å². The third-order valence-electron chi connectivity index (χ3n) is 3.80. The van der Waals surface area contributed by atoms with Crippen molar-refractivity contribution < 1.29 is 13.6 Å². The minimum absolute atomic E-state index is 0.180. The predicted molar refractivity (Wildman–Crippen MR) is 73.4 cm³/mol. The average molecular weight is 282 g/mol. The van der Waals surface area contributed by atoms with Crippen LogP contribution in [0.3, 0.4) is 0 Å². The Kier molecular flexibility index (Phi) is 5.06. The molecule has 0 aromatic heterocycles. The van der Waals surface area contributed by atoms with Crippen molar-refractivity contribution in [2.45, 2.75) is 19.9 Å². The van der Waals surface area contributed by atoms with Gasteiger partial charge < -0.3 is 10.2 Å². The Morgan fingerprint density at radius 2 is 2.00 bits per heavy atom. The van der Waals surface area contributed by atoms with Gasteiger partial charge in [0.25, 0.3) is 6.43 Å². The highest BCUT2D eigenvalue weighted by atomic mass is 19.3. The molecule has 1 aliphatic rings. The molecule has 1 heterocycles. The molecule has 110 valence electrons. The molecule has 1 aliphatic heterocycles. The van der Waals surface area contributed by atoms with Gasteiger partial charge in [-0.05, 0) is 24.6 Å². The number of nitrogens with zero attached hydrogens (tertiary/aromatic N) is 1. The average Bonchev–Trinajstić information content (AvgIpc) is 2.35. The van der Waals surface area contributed by atoms with Gasteiger partial charge in [-0.1, -0.05) is 37.3 Å². The van der Waals surface area contributed by atoms with Crippen molar-refractivity contribution in [3.63, 3.8) is 0 Å². The second-order valence-corrected chi connectivity index (χ2v) is 5.30. The number of amides is 1. The first kappa shape index (κ1) is 14.9. The zero-order chi connectivity index (χ0) is 14.5. The zero-order valence-corrected chi connectivity index (χ0v) is 11.6. The molecule has 20 heavy (non-hydrogen) atoms. The van der Waals surface area contributed by atoms with Crippen LogP contribution in [0.4, 0.5) is 8.78 Å². The second-order valence-electron chi connectivity index (χ2n) is 5.30. The third-order valence-corrected chi connectivity index (χ3v) is 3.80. The molecule has 1 aromatic carbocycles. The van der Waals surface area contributed by atoms with Crippen molar-refractivity contribution in [1.29, 1.82) is 0 Å². The number of carbonyl (C=O) groups is 1. The van der Waals surface area contributed by atoms with Crippen LogP contribution in [-0.4, -0.2) is 36.9 Å². The van der Waals surface area contributed by atoms with E-state index in [1.807, 2.05) is 37.3 Å². The van der Waals surface area contributed by atoms with E-state index >= 15 is 0 Å². The summed E-state index contributed by atoms with van der Waals surface area (Å²) in [5, 5.41) is 3.11. The summed E-state index contributed by atoms with van der Waals surface area (Å²) in [5.74, 6) is -0.127. The van der Waals surface area contributed by atoms with E-state index in [0.29, 0.717) is 0 Å². The molecule has 0 spiro atoms. The first-order valence-electron chi connectivity index (χ1n) is 6.89. The Morgan fingerprint density at radius 1 is 1.35 bits per heavy atom. The SMILES string of the molecule is CC(C(=O)N(Cc1ccccc1)CC(F)F)C1CNC1. The summed E-state index contributed by atoms with van der Waals surface area (Å²) in [5.41, 5.74) is 0.875. The Balaban J connectivity index is 2.04. The lowest BCUT2D eigenvalue weighted by molar-refractivity contribution is -0.140. The number of rotatable bonds is 6. The van der Waals surface area contributed by atoms with Crippen LogP contribution >= 0.6 is 0 Å². The van der Waals surface area contributed by atoms with Gasteiger partial charge in [-0.25, -0.2) is 8.78 Å². The molecule has 5 heteroatoms. The summed E-state index contributed by atoms with van der Waals surface area (Å²) in [7, 11) is 0. The highest BCUT2D eigenvalue weighted by Gasteiger charge is 2.32. The van der Waals surface area contributed by atoms with Crippen molar-refractivity contribution >= 4 is 5.91 Å². The summed E-state index contributed by atoms with van der Waals surface area (Å²) >= 11 is 0. The van der Waals surface area contributed by atoms with Crippen LogP contribution in [0.2, 0.25) is 0 Å². The largest absolute Gasteiger partial charge is 0.332 e. The van der Waals surface area contributed by atoms with Crippen LogP contribution < -0.4 is 5.32 Å². The van der Waals surface area contributed by atoms with Crippen molar-refractivity contribution in [2.75, 3.05) is 19.6 Å². The Labute approximate surface area is 118 Å². The molecule has 0 bridgehead atoms. The van der Waals surface area contributed by atoms with Crippen LogP contribution in [0.1, 0.15) is 12.5 Å². The second kappa shape index (κ2) is 6.79. The van der Waals surface area contributed by atoms with E-state index in [0.717, 1.165) is 18.7 Å². The van der Waals surface area contributed by atoms with Crippen LogP contribution in [-0.2, 0) is 11.3 Å². The van der Waals surface area contributed by atoms with E-state index < -0.39 is 13.0 Å². The van der Waals surface area contributed by atoms with Gasteiger partial charge in [-0.2, -0.15) is 0 Å². The fraction of sp³-hybridized carbons (Fsp3) is 0.533.